The zero-order valence-corrected chi connectivity index (χ0v) is 12.4. The first kappa shape index (κ1) is 14.0. The molecule has 3 nitrogen and oxygen atoms in total. The lowest BCUT2D eigenvalue weighted by molar-refractivity contribution is -0.118. The summed E-state index contributed by atoms with van der Waals surface area (Å²) in [5.41, 5.74) is 9.63. The Bertz CT molecular complexity index is 664. The van der Waals surface area contributed by atoms with Crippen molar-refractivity contribution in [3.63, 3.8) is 0 Å². The largest absolute Gasteiger partial charge is 0.398 e. The van der Waals surface area contributed by atoms with Crippen LogP contribution in [0.4, 0.5) is 11.4 Å². The van der Waals surface area contributed by atoms with Crippen LogP contribution in [0.15, 0.2) is 42.5 Å². The Hall–Kier alpha value is -2.00. The van der Waals surface area contributed by atoms with E-state index in [-0.39, 0.29) is 5.91 Å². The average molecular weight is 301 g/mol. The van der Waals surface area contributed by atoms with E-state index < -0.39 is 0 Å². The molecule has 2 aromatic rings. The zero-order valence-electron chi connectivity index (χ0n) is 11.7. The molecule has 0 aliphatic carbocycles. The van der Waals surface area contributed by atoms with E-state index in [0.29, 0.717) is 23.7 Å². The summed E-state index contributed by atoms with van der Waals surface area (Å²) in [4.78, 5) is 14.3. The average Bonchev–Trinajstić information content (AvgIpc) is 2.62. The van der Waals surface area contributed by atoms with Gasteiger partial charge in [-0.25, -0.2) is 0 Å². The highest BCUT2D eigenvalue weighted by Crippen LogP contribution is 2.31. The summed E-state index contributed by atoms with van der Waals surface area (Å²) >= 11 is 6.25. The molecule has 0 spiro atoms. The van der Waals surface area contributed by atoms with Crippen molar-refractivity contribution in [2.24, 2.45) is 0 Å². The van der Waals surface area contributed by atoms with Crippen molar-refractivity contribution in [1.82, 2.24) is 0 Å². The summed E-state index contributed by atoms with van der Waals surface area (Å²) in [5, 5.41) is 0.601. The molecule has 0 saturated heterocycles. The van der Waals surface area contributed by atoms with Gasteiger partial charge in [-0.3, -0.25) is 4.79 Å². The lowest BCUT2D eigenvalue weighted by Crippen LogP contribution is -2.30. The Morgan fingerprint density at radius 2 is 1.90 bits per heavy atom. The second-order valence-electron chi connectivity index (χ2n) is 5.27. The highest BCUT2D eigenvalue weighted by atomic mass is 35.5. The number of halogens is 1. The molecular weight excluding hydrogens is 284 g/mol. The minimum atomic E-state index is 0.124. The molecule has 1 aliphatic heterocycles. The molecule has 0 bridgehead atoms. The van der Waals surface area contributed by atoms with Gasteiger partial charge in [0, 0.05) is 28.4 Å². The molecular formula is C17H17ClN2O. The Morgan fingerprint density at radius 3 is 2.71 bits per heavy atom. The number of para-hydroxylation sites is 1. The summed E-state index contributed by atoms with van der Waals surface area (Å²) in [6, 6.07) is 13.5. The second-order valence-corrected chi connectivity index (χ2v) is 5.68. The van der Waals surface area contributed by atoms with E-state index in [0.717, 1.165) is 24.1 Å². The number of aryl methyl sites for hydroxylation is 1. The van der Waals surface area contributed by atoms with Crippen molar-refractivity contribution < 1.29 is 4.79 Å². The van der Waals surface area contributed by atoms with Gasteiger partial charge >= 0.3 is 0 Å². The first-order valence-electron chi connectivity index (χ1n) is 7.08. The summed E-state index contributed by atoms with van der Waals surface area (Å²) in [6.07, 6.45) is 2.36. The van der Waals surface area contributed by atoms with E-state index in [9.17, 15) is 4.79 Å². The van der Waals surface area contributed by atoms with Gasteiger partial charge in [0.1, 0.15) is 0 Å². The Labute approximate surface area is 129 Å². The van der Waals surface area contributed by atoms with Crippen LogP contribution in [-0.2, 0) is 17.8 Å². The number of hydrogen-bond donors (Lipinski definition) is 1. The highest BCUT2D eigenvalue weighted by Gasteiger charge is 2.23. The summed E-state index contributed by atoms with van der Waals surface area (Å²) in [5.74, 6) is 0.124. The Balaban J connectivity index is 2.02. The van der Waals surface area contributed by atoms with E-state index in [2.05, 4.69) is 6.07 Å². The van der Waals surface area contributed by atoms with Gasteiger partial charge in [0.05, 0.1) is 6.54 Å². The maximum atomic E-state index is 12.4. The van der Waals surface area contributed by atoms with Crippen molar-refractivity contribution in [3.8, 4) is 0 Å². The van der Waals surface area contributed by atoms with Crippen LogP contribution in [-0.4, -0.2) is 5.91 Å². The molecule has 0 radical (unpaired) electrons. The van der Waals surface area contributed by atoms with Gasteiger partial charge in [-0.2, -0.15) is 0 Å². The van der Waals surface area contributed by atoms with Gasteiger partial charge in [0.15, 0.2) is 0 Å². The summed E-state index contributed by atoms with van der Waals surface area (Å²) in [7, 11) is 0. The van der Waals surface area contributed by atoms with Crippen LogP contribution in [0.3, 0.4) is 0 Å². The molecule has 1 aliphatic rings. The van der Waals surface area contributed by atoms with E-state index in [1.54, 1.807) is 11.0 Å². The standard InChI is InChI=1S/C17H17ClN2O/c18-14-7-4-8-15(19)13(14)11-20-16-9-2-1-5-12(16)6-3-10-17(20)21/h1-2,4-5,7-9H,3,6,10-11,19H2. The molecule has 0 atom stereocenters. The third-order valence-corrected chi connectivity index (χ3v) is 4.25. The highest BCUT2D eigenvalue weighted by molar-refractivity contribution is 6.31. The minimum Gasteiger partial charge on any atom is -0.398 e. The number of nitrogens with zero attached hydrogens (tertiary/aromatic N) is 1. The van der Waals surface area contributed by atoms with Gasteiger partial charge < -0.3 is 10.6 Å². The fourth-order valence-corrected chi connectivity index (χ4v) is 3.00. The van der Waals surface area contributed by atoms with Crippen molar-refractivity contribution >= 4 is 28.9 Å². The van der Waals surface area contributed by atoms with Gasteiger partial charge in [0.25, 0.3) is 0 Å². The van der Waals surface area contributed by atoms with Crippen molar-refractivity contribution in [2.75, 3.05) is 10.6 Å². The van der Waals surface area contributed by atoms with Gasteiger partial charge in [-0.05, 0) is 36.6 Å². The maximum absolute atomic E-state index is 12.4. The van der Waals surface area contributed by atoms with Crippen LogP contribution in [0, 0.1) is 0 Å². The number of amides is 1. The normalized spacial score (nSPS) is 14.7. The first-order chi connectivity index (χ1) is 10.2. The van der Waals surface area contributed by atoms with Crippen LogP contribution in [0.5, 0.6) is 0 Å². The quantitative estimate of drug-likeness (QED) is 0.858. The van der Waals surface area contributed by atoms with Crippen LogP contribution in [0.25, 0.3) is 0 Å². The predicted octanol–water partition coefficient (Wildman–Crippen LogP) is 3.79. The predicted molar refractivity (Wildman–Crippen MR) is 86.4 cm³/mol. The number of carbonyl (C=O) groups excluding carboxylic acids is 1. The molecule has 1 amide bonds. The van der Waals surface area contributed by atoms with Gasteiger partial charge in [-0.1, -0.05) is 35.9 Å². The third-order valence-electron chi connectivity index (χ3n) is 3.89. The van der Waals surface area contributed by atoms with E-state index in [1.807, 2.05) is 30.3 Å². The van der Waals surface area contributed by atoms with Gasteiger partial charge in [0.2, 0.25) is 5.91 Å². The lowest BCUT2D eigenvalue weighted by atomic mass is 10.1. The summed E-state index contributed by atoms with van der Waals surface area (Å²) < 4.78 is 0. The number of fused-ring (bicyclic) bond motifs is 1. The topological polar surface area (TPSA) is 46.3 Å². The molecule has 0 unspecified atom stereocenters. The van der Waals surface area contributed by atoms with Crippen LogP contribution in [0.1, 0.15) is 24.0 Å². The number of rotatable bonds is 2. The molecule has 4 heteroatoms. The first-order valence-corrected chi connectivity index (χ1v) is 7.46. The summed E-state index contributed by atoms with van der Waals surface area (Å²) in [6.45, 7) is 0.418. The maximum Gasteiger partial charge on any atom is 0.227 e. The van der Waals surface area contributed by atoms with Crippen molar-refractivity contribution in [2.45, 2.75) is 25.8 Å². The molecule has 2 aromatic carbocycles. The minimum absolute atomic E-state index is 0.124. The van der Waals surface area contributed by atoms with Crippen LogP contribution in [0.2, 0.25) is 5.02 Å². The van der Waals surface area contributed by atoms with E-state index in [4.69, 9.17) is 17.3 Å². The van der Waals surface area contributed by atoms with E-state index >= 15 is 0 Å². The molecule has 0 fully saturated rings. The smallest absolute Gasteiger partial charge is 0.227 e. The Kier molecular flexibility index (Phi) is 3.84. The fourth-order valence-electron chi connectivity index (χ4n) is 2.76. The fraction of sp³-hybridized carbons (Fsp3) is 0.235. The number of nitrogen functional groups attached to an aromatic ring is 1. The number of hydrogen-bond acceptors (Lipinski definition) is 2. The van der Waals surface area contributed by atoms with E-state index in [1.165, 1.54) is 5.56 Å². The lowest BCUT2D eigenvalue weighted by Gasteiger charge is -2.24. The molecule has 3 rings (SSSR count). The molecule has 1 heterocycles. The zero-order chi connectivity index (χ0) is 14.8. The van der Waals surface area contributed by atoms with Crippen molar-refractivity contribution in [1.29, 1.82) is 0 Å². The number of carbonyl (C=O) groups is 1. The third kappa shape index (κ3) is 2.74. The van der Waals surface area contributed by atoms with Crippen LogP contribution < -0.4 is 10.6 Å². The monoisotopic (exact) mass is 300 g/mol. The number of nitrogens with two attached hydrogens (primary N) is 1. The molecule has 0 saturated carbocycles. The number of benzene rings is 2. The molecule has 0 aromatic heterocycles. The van der Waals surface area contributed by atoms with Crippen molar-refractivity contribution in [3.05, 3.63) is 58.6 Å². The Morgan fingerprint density at radius 1 is 1.10 bits per heavy atom. The number of anilines is 2. The molecule has 108 valence electrons. The molecule has 2 N–H and O–H groups in total. The molecule has 21 heavy (non-hydrogen) atoms. The van der Waals surface area contributed by atoms with Gasteiger partial charge in [-0.15, -0.1) is 0 Å². The van der Waals surface area contributed by atoms with Crippen LogP contribution >= 0.6 is 11.6 Å². The SMILES string of the molecule is Nc1cccc(Cl)c1CN1C(=O)CCCc2ccccc21. The second kappa shape index (κ2) is 5.78.